The van der Waals surface area contributed by atoms with E-state index in [2.05, 4.69) is 10.6 Å². The van der Waals surface area contributed by atoms with Crippen LogP contribution in [0.3, 0.4) is 0 Å². The van der Waals surface area contributed by atoms with Gasteiger partial charge in [-0.05, 0) is 37.8 Å². The zero-order valence-electron chi connectivity index (χ0n) is 9.36. The maximum atomic E-state index is 11.7. The van der Waals surface area contributed by atoms with E-state index in [0.717, 1.165) is 25.1 Å². The molecule has 3 N–H and O–H groups in total. The number of amides is 1. The molecule has 0 aromatic heterocycles. The summed E-state index contributed by atoms with van der Waals surface area (Å²) in [6.07, 6.45) is 4.15. The van der Waals surface area contributed by atoms with Gasteiger partial charge in [-0.1, -0.05) is 0 Å². The van der Waals surface area contributed by atoms with Crippen molar-refractivity contribution in [3.8, 4) is 0 Å². The van der Waals surface area contributed by atoms with Crippen molar-refractivity contribution in [3.05, 3.63) is 0 Å². The van der Waals surface area contributed by atoms with Crippen LogP contribution in [0.5, 0.6) is 0 Å². The number of hydrogen-bond donors (Lipinski definition) is 3. The lowest BCUT2D eigenvalue weighted by Gasteiger charge is -2.17. The van der Waals surface area contributed by atoms with Gasteiger partial charge in [-0.3, -0.25) is 4.79 Å². The Balaban J connectivity index is 2.40. The molecule has 0 aromatic carbocycles. The van der Waals surface area contributed by atoms with E-state index in [0.29, 0.717) is 6.42 Å². The molecule has 16 heavy (non-hydrogen) atoms. The van der Waals surface area contributed by atoms with Crippen molar-refractivity contribution in [1.82, 2.24) is 10.6 Å². The van der Waals surface area contributed by atoms with Crippen LogP contribution in [-0.4, -0.2) is 47.6 Å². The summed E-state index contributed by atoms with van der Waals surface area (Å²) in [6.45, 7) is 0.834. The summed E-state index contributed by atoms with van der Waals surface area (Å²) < 4.78 is 0. The van der Waals surface area contributed by atoms with Crippen molar-refractivity contribution in [2.24, 2.45) is 0 Å². The number of carboxylic acid groups (broad SMARTS) is 1. The molecule has 1 unspecified atom stereocenters. The monoisotopic (exact) mass is 246 g/mol. The van der Waals surface area contributed by atoms with Gasteiger partial charge in [0.2, 0.25) is 5.91 Å². The van der Waals surface area contributed by atoms with Crippen molar-refractivity contribution in [2.75, 3.05) is 18.6 Å². The number of carbonyl (C=O) groups is 2. The minimum Gasteiger partial charge on any atom is -0.480 e. The first-order valence-electron chi connectivity index (χ1n) is 5.40. The van der Waals surface area contributed by atoms with E-state index >= 15 is 0 Å². The van der Waals surface area contributed by atoms with Gasteiger partial charge in [-0.15, -0.1) is 0 Å². The van der Waals surface area contributed by atoms with Crippen molar-refractivity contribution in [2.45, 2.75) is 31.3 Å². The molecule has 0 radical (unpaired) electrons. The summed E-state index contributed by atoms with van der Waals surface area (Å²) in [6, 6.07) is -0.974. The molecule has 0 bridgehead atoms. The average molecular weight is 246 g/mol. The van der Waals surface area contributed by atoms with Crippen LogP contribution in [0.1, 0.15) is 19.3 Å². The Bertz CT molecular complexity index is 254. The lowest BCUT2D eigenvalue weighted by Crippen LogP contribution is -2.48. The summed E-state index contributed by atoms with van der Waals surface area (Å²) in [5, 5.41) is 14.6. The van der Waals surface area contributed by atoms with Gasteiger partial charge in [0.1, 0.15) is 6.04 Å². The Morgan fingerprint density at radius 2 is 2.38 bits per heavy atom. The second kappa shape index (κ2) is 6.75. The number of aliphatic carboxylic acids is 1. The molecule has 1 heterocycles. The zero-order valence-corrected chi connectivity index (χ0v) is 10.2. The first kappa shape index (κ1) is 13.3. The molecule has 0 aromatic rings. The van der Waals surface area contributed by atoms with E-state index in [-0.39, 0.29) is 11.9 Å². The Morgan fingerprint density at radius 1 is 1.62 bits per heavy atom. The lowest BCUT2D eigenvalue weighted by molar-refractivity contribution is -0.142. The van der Waals surface area contributed by atoms with E-state index in [1.54, 1.807) is 11.8 Å². The molecule has 1 fully saturated rings. The van der Waals surface area contributed by atoms with Gasteiger partial charge < -0.3 is 15.7 Å². The van der Waals surface area contributed by atoms with Crippen LogP contribution < -0.4 is 10.6 Å². The number of rotatable bonds is 6. The van der Waals surface area contributed by atoms with Gasteiger partial charge in [0.05, 0.1) is 6.04 Å². The molecule has 0 spiro atoms. The summed E-state index contributed by atoms with van der Waals surface area (Å²) in [5.41, 5.74) is 0. The van der Waals surface area contributed by atoms with Crippen molar-refractivity contribution < 1.29 is 14.7 Å². The highest BCUT2D eigenvalue weighted by Crippen LogP contribution is 2.06. The van der Waals surface area contributed by atoms with Gasteiger partial charge in [0, 0.05) is 0 Å². The van der Waals surface area contributed by atoms with E-state index < -0.39 is 12.0 Å². The van der Waals surface area contributed by atoms with Gasteiger partial charge in [-0.2, -0.15) is 11.8 Å². The van der Waals surface area contributed by atoms with Crippen LogP contribution in [0.25, 0.3) is 0 Å². The summed E-state index contributed by atoms with van der Waals surface area (Å²) >= 11 is 1.58. The Hall–Kier alpha value is -0.750. The van der Waals surface area contributed by atoms with Crippen LogP contribution in [-0.2, 0) is 9.59 Å². The molecule has 1 aliphatic heterocycles. The second-order valence-electron chi connectivity index (χ2n) is 3.83. The molecular weight excluding hydrogens is 228 g/mol. The third kappa shape index (κ3) is 4.02. The smallest absolute Gasteiger partial charge is 0.326 e. The fourth-order valence-electron chi connectivity index (χ4n) is 1.67. The molecule has 1 saturated heterocycles. The van der Waals surface area contributed by atoms with Gasteiger partial charge in [0.15, 0.2) is 0 Å². The molecule has 1 rings (SSSR count). The fraction of sp³-hybridized carbons (Fsp3) is 0.800. The van der Waals surface area contributed by atoms with Crippen molar-refractivity contribution in [1.29, 1.82) is 0 Å². The van der Waals surface area contributed by atoms with E-state index in [4.69, 9.17) is 5.11 Å². The van der Waals surface area contributed by atoms with Crippen LogP contribution in [0.15, 0.2) is 0 Å². The fourth-order valence-corrected chi connectivity index (χ4v) is 2.15. The second-order valence-corrected chi connectivity index (χ2v) is 4.82. The lowest BCUT2D eigenvalue weighted by atomic mass is 10.1. The van der Waals surface area contributed by atoms with Gasteiger partial charge >= 0.3 is 5.97 Å². The van der Waals surface area contributed by atoms with E-state index in [1.807, 2.05) is 6.26 Å². The van der Waals surface area contributed by atoms with Crippen LogP contribution in [0.4, 0.5) is 0 Å². The average Bonchev–Trinajstić information content (AvgIpc) is 2.76. The molecule has 1 amide bonds. The summed E-state index contributed by atoms with van der Waals surface area (Å²) in [7, 11) is 0. The quantitative estimate of drug-likeness (QED) is 0.618. The topological polar surface area (TPSA) is 78.4 Å². The molecule has 92 valence electrons. The number of nitrogens with one attached hydrogen (secondary N) is 2. The van der Waals surface area contributed by atoms with E-state index in [9.17, 15) is 9.59 Å². The third-order valence-corrected chi connectivity index (χ3v) is 3.25. The summed E-state index contributed by atoms with van der Waals surface area (Å²) in [4.78, 5) is 22.6. The van der Waals surface area contributed by atoms with Crippen LogP contribution in [0, 0.1) is 0 Å². The van der Waals surface area contributed by atoms with Gasteiger partial charge in [-0.25, -0.2) is 4.79 Å². The first-order valence-corrected chi connectivity index (χ1v) is 6.80. The molecule has 0 saturated carbocycles. The standard InChI is InChI=1S/C10H18N2O3S/c1-16-6-4-8(10(14)15)12-9(13)7-3-2-5-11-7/h7-8,11H,2-6H2,1H3,(H,12,13)(H,14,15)/t7?,8-/m0/s1. The molecule has 0 aliphatic carbocycles. The SMILES string of the molecule is CSCC[C@H](NC(=O)C1CCCN1)C(=O)O. The number of thioether (sulfide) groups is 1. The largest absolute Gasteiger partial charge is 0.480 e. The van der Waals surface area contributed by atoms with Crippen molar-refractivity contribution in [3.63, 3.8) is 0 Å². The normalized spacial score (nSPS) is 21.7. The first-order chi connectivity index (χ1) is 7.65. The van der Waals surface area contributed by atoms with E-state index in [1.165, 1.54) is 0 Å². The minimum atomic E-state index is -0.958. The molecule has 5 nitrogen and oxygen atoms in total. The molecule has 2 atom stereocenters. The predicted molar refractivity (Wildman–Crippen MR) is 63.6 cm³/mol. The Labute approximate surface area is 99.4 Å². The number of hydrogen-bond acceptors (Lipinski definition) is 4. The Kier molecular flexibility index (Phi) is 5.62. The number of carboxylic acids is 1. The third-order valence-electron chi connectivity index (χ3n) is 2.60. The summed E-state index contributed by atoms with van der Waals surface area (Å²) in [5.74, 6) is -0.415. The highest BCUT2D eigenvalue weighted by Gasteiger charge is 2.26. The van der Waals surface area contributed by atoms with Crippen LogP contribution in [0.2, 0.25) is 0 Å². The van der Waals surface area contributed by atoms with Crippen molar-refractivity contribution >= 4 is 23.6 Å². The van der Waals surface area contributed by atoms with Crippen LogP contribution >= 0.6 is 11.8 Å². The molecule has 6 heteroatoms. The highest BCUT2D eigenvalue weighted by molar-refractivity contribution is 7.98. The maximum Gasteiger partial charge on any atom is 0.326 e. The molecule has 1 aliphatic rings. The van der Waals surface area contributed by atoms with Gasteiger partial charge in [0.25, 0.3) is 0 Å². The zero-order chi connectivity index (χ0) is 12.0. The number of carbonyl (C=O) groups excluding carboxylic acids is 1. The Morgan fingerprint density at radius 3 is 2.88 bits per heavy atom. The minimum absolute atomic E-state index is 0.189. The highest BCUT2D eigenvalue weighted by atomic mass is 32.2. The molecular formula is C10H18N2O3S. The maximum absolute atomic E-state index is 11.7. The predicted octanol–water partition coefficient (Wildman–Crippen LogP) is 0.0609.